The molecular weight excluding hydrogens is 222 g/mol. The third-order valence-corrected chi connectivity index (χ3v) is 3.20. The third-order valence-electron chi connectivity index (χ3n) is 3.20. The van der Waals surface area contributed by atoms with Crippen LogP contribution in [0.15, 0.2) is 30.3 Å². The van der Waals surface area contributed by atoms with Crippen LogP contribution in [0.2, 0.25) is 0 Å². The molecule has 0 bridgehead atoms. The summed E-state index contributed by atoms with van der Waals surface area (Å²) in [7, 11) is 0. The molecule has 0 aliphatic carbocycles. The highest BCUT2D eigenvalue weighted by molar-refractivity contribution is 5.14. The lowest BCUT2D eigenvalue weighted by Crippen LogP contribution is -2.45. The van der Waals surface area contributed by atoms with Crippen molar-refractivity contribution in [2.45, 2.75) is 52.7 Å². The molecule has 1 rings (SSSR count). The Labute approximate surface area is 112 Å². The largest absolute Gasteiger partial charge is 0.376 e. The average molecular weight is 249 g/mol. The summed E-state index contributed by atoms with van der Waals surface area (Å²) in [6.07, 6.45) is 2.10. The van der Waals surface area contributed by atoms with Gasteiger partial charge in [-0.3, -0.25) is 0 Å². The van der Waals surface area contributed by atoms with Crippen molar-refractivity contribution in [2.75, 3.05) is 6.61 Å². The van der Waals surface area contributed by atoms with Crippen LogP contribution in [0, 0.1) is 5.41 Å². The van der Waals surface area contributed by atoms with Gasteiger partial charge < -0.3 is 10.5 Å². The van der Waals surface area contributed by atoms with Crippen molar-refractivity contribution in [3.8, 4) is 0 Å². The highest BCUT2D eigenvalue weighted by Gasteiger charge is 2.30. The van der Waals surface area contributed by atoms with Gasteiger partial charge in [0.2, 0.25) is 0 Å². The summed E-state index contributed by atoms with van der Waals surface area (Å²) in [5.74, 6) is 0. The zero-order valence-corrected chi connectivity index (χ0v) is 12.1. The lowest BCUT2D eigenvalue weighted by atomic mass is 9.83. The zero-order chi connectivity index (χ0) is 13.6. The molecule has 2 nitrogen and oxygen atoms in total. The molecule has 2 unspecified atom stereocenters. The van der Waals surface area contributed by atoms with Crippen LogP contribution in [0.5, 0.6) is 0 Å². The Bertz CT molecular complexity index is 329. The predicted octanol–water partition coefficient (Wildman–Crippen LogP) is 3.40. The Balaban J connectivity index is 2.54. The van der Waals surface area contributed by atoms with Crippen LogP contribution in [0.4, 0.5) is 0 Å². The number of benzene rings is 1. The van der Waals surface area contributed by atoms with Crippen LogP contribution < -0.4 is 5.73 Å². The Morgan fingerprint density at radius 3 is 2.28 bits per heavy atom. The summed E-state index contributed by atoms with van der Waals surface area (Å²) < 4.78 is 5.83. The van der Waals surface area contributed by atoms with Gasteiger partial charge in [-0.2, -0.15) is 0 Å². The smallest absolute Gasteiger partial charge is 0.0773 e. The molecule has 0 amide bonds. The number of ether oxygens (including phenoxy) is 1. The topological polar surface area (TPSA) is 35.2 Å². The van der Waals surface area contributed by atoms with E-state index in [2.05, 4.69) is 45.0 Å². The fraction of sp³-hybridized carbons (Fsp3) is 0.625. The van der Waals surface area contributed by atoms with Gasteiger partial charge in [0.15, 0.2) is 0 Å². The van der Waals surface area contributed by atoms with Crippen LogP contribution >= 0.6 is 0 Å². The average Bonchev–Trinajstić information content (AvgIpc) is 2.33. The third kappa shape index (κ3) is 4.79. The Kier molecular flexibility index (Phi) is 5.83. The first-order valence-electron chi connectivity index (χ1n) is 6.86. The molecule has 1 aromatic carbocycles. The minimum absolute atomic E-state index is 0.0881. The predicted molar refractivity (Wildman–Crippen MR) is 77.6 cm³/mol. The number of hydrogen-bond donors (Lipinski definition) is 1. The summed E-state index contributed by atoms with van der Waals surface area (Å²) in [6, 6.07) is 10.6. The second-order valence-electron chi connectivity index (χ2n) is 5.93. The molecule has 0 spiro atoms. The maximum absolute atomic E-state index is 6.31. The quantitative estimate of drug-likeness (QED) is 0.838. The van der Waals surface area contributed by atoms with Crippen LogP contribution in [0.3, 0.4) is 0 Å². The zero-order valence-electron chi connectivity index (χ0n) is 12.1. The lowest BCUT2D eigenvalue weighted by molar-refractivity contribution is -0.0290. The van der Waals surface area contributed by atoms with E-state index >= 15 is 0 Å². The van der Waals surface area contributed by atoms with E-state index in [0.717, 1.165) is 19.4 Å². The molecular formula is C16H27NO. The molecule has 1 aromatic rings. The number of hydrogen-bond acceptors (Lipinski definition) is 2. The lowest BCUT2D eigenvalue weighted by Gasteiger charge is -2.35. The molecule has 0 aliphatic heterocycles. The minimum Gasteiger partial charge on any atom is -0.376 e. The first-order chi connectivity index (χ1) is 8.45. The fourth-order valence-electron chi connectivity index (χ4n) is 2.32. The van der Waals surface area contributed by atoms with Crippen LogP contribution in [0.1, 0.15) is 39.7 Å². The fourth-order valence-corrected chi connectivity index (χ4v) is 2.32. The van der Waals surface area contributed by atoms with Gasteiger partial charge in [0.1, 0.15) is 0 Å². The Hall–Kier alpha value is -0.860. The summed E-state index contributed by atoms with van der Waals surface area (Å²) in [4.78, 5) is 0. The number of nitrogens with two attached hydrogens (primary N) is 1. The molecule has 2 atom stereocenters. The van der Waals surface area contributed by atoms with E-state index in [1.165, 1.54) is 5.56 Å². The molecule has 0 saturated heterocycles. The maximum Gasteiger partial charge on any atom is 0.0773 e. The van der Waals surface area contributed by atoms with Crippen molar-refractivity contribution in [2.24, 2.45) is 11.1 Å². The van der Waals surface area contributed by atoms with Gasteiger partial charge in [-0.15, -0.1) is 0 Å². The van der Waals surface area contributed by atoms with Gasteiger partial charge in [0, 0.05) is 12.6 Å². The molecule has 102 valence electrons. The second-order valence-corrected chi connectivity index (χ2v) is 5.93. The van der Waals surface area contributed by atoms with Crippen LogP contribution in [0.25, 0.3) is 0 Å². The summed E-state index contributed by atoms with van der Waals surface area (Å²) >= 11 is 0. The maximum atomic E-state index is 6.31. The number of aryl methyl sites for hydroxylation is 1. The highest BCUT2D eigenvalue weighted by Crippen LogP contribution is 2.26. The van der Waals surface area contributed by atoms with E-state index in [9.17, 15) is 0 Å². The first-order valence-corrected chi connectivity index (χ1v) is 6.86. The van der Waals surface area contributed by atoms with Gasteiger partial charge in [-0.1, -0.05) is 51.1 Å². The molecule has 0 heterocycles. The van der Waals surface area contributed by atoms with E-state index in [0.29, 0.717) is 0 Å². The molecule has 2 N–H and O–H groups in total. The van der Waals surface area contributed by atoms with Gasteiger partial charge in [-0.25, -0.2) is 0 Å². The van der Waals surface area contributed by atoms with E-state index in [1.807, 2.05) is 13.0 Å². The van der Waals surface area contributed by atoms with Crippen molar-refractivity contribution in [3.63, 3.8) is 0 Å². The highest BCUT2D eigenvalue weighted by atomic mass is 16.5. The molecule has 18 heavy (non-hydrogen) atoms. The molecule has 0 radical (unpaired) electrons. The van der Waals surface area contributed by atoms with Crippen molar-refractivity contribution in [1.82, 2.24) is 0 Å². The van der Waals surface area contributed by atoms with E-state index < -0.39 is 0 Å². The standard InChI is InChI=1S/C16H27NO/c1-5-18-15(16(2,3)4)14(17)12-11-13-9-7-6-8-10-13/h6-10,14-15H,5,11-12,17H2,1-4H3. The van der Waals surface area contributed by atoms with Crippen molar-refractivity contribution >= 4 is 0 Å². The minimum atomic E-state index is 0.0881. The molecule has 2 heteroatoms. The normalized spacial score (nSPS) is 15.4. The van der Waals surface area contributed by atoms with Crippen molar-refractivity contribution in [1.29, 1.82) is 0 Å². The van der Waals surface area contributed by atoms with Crippen LogP contribution in [-0.4, -0.2) is 18.8 Å². The second kappa shape index (κ2) is 6.91. The van der Waals surface area contributed by atoms with Gasteiger partial charge in [0.05, 0.1) is 6.10 Å². The molecule has 0 fully saturated rings. The Morgan fingerprint density at radius 1 is 1.17 bits per heavy atom. The first kappa shape index (κ1) is 15.2. The van der Waals surface area contributed by atoms with Crippen LogP contribution in [-0.2, 0) is 11.2 Å². The van der Waals surface area contributed by atoms with Gasteiger partial charge in [0.25, 0.3) is 0 Å². The molecule has 0 aromatic heterocycles. The molecule has 0 aliphatic rings. The SMILES string of the molecule is CCOC(C(N)CCc1ccccc1)C(C)(C)C. The van der Waals surface area contributed by atoms with Gasteiger partial charge >= 0.3 is 0 Å². The van der Waals surface area contributed by atoms with E-state index in [4.69, 9.17) is 10.5 Å². The summed E-state index contributed by atoms with van der Waals surface area (Å²) in [5, 5.41) is 0. The summed E-state index contributed by atoms with van der Waals surface area (Å²) in [6.45, 7) is 9.32. The molecule has 0 saturated carbocycles. The monoisotopic (exact) mass is 249 g/mol. The van der Waals surface area contributed by atoms with E-state index in [-0.39, 0.29) is 17.6 Å². The van der Waals surface area contributed by atoms with Crippen molar-refractivity contribution in [3.05, 3.63) is 35.9 Å². The van der Waals surface area contributed by atoms with Gasteiger partial charge in [-0.05, 0) is 30.7 Å². The van der Waals surface area contributed by atoms with E-state index in [1.54, 1.807) is 0 Å². The summed E-state index contributed by atoms with van der Waals surface area (Å²) in [5.41, 5.74) is 7.75. The number of rotatable bonds is 6. The Morgan fingerprint density at radius 2 is 1.78 bits per heavy atom. The van der Waals surface area contributed by atoms with Crippen molar-refractivity contribution < 1.29 is 4.74 Å².